The van der Waals surface area contributed by atoms with Crippen LogP contribution in [0.5, 0.6) is 5.75 Å². The van der Waals surface area contributed by atoms with Crippen molar-refractivity contribution < 1.29 is 17.7 Å². The van der Waals surface area contributed by atoms with Crippen LogP contribution in [0.2, 0.25) is 0 Å². The van der Waals surface area contributed by atoms with Gasteiger partial charge in [-0.1, -0.05) is 31.2 Å². The summed E-state index contributed by atoms with van der Waals surface area (Å²) in [6, 6.07) is 12.2. The molecule has 0 unspecified atom stereocenters. The molecule has 2 aromatic carbocycles. The molecule has 0 bridgehead atoms. The summed E-state index contributed by atoms with van der Waals surface area (Å²) in [7, 11) is -4.02. The van der Waals surface area contributed by atoms with Crippen molar-refractivity contribution >= 4 is 10.3 Å². The van der Waals surface area contributed by atoms with Gasteiger partial charge in [0.1, 0.15) is 5.75 Å². The number of fused-ring (bicyclic) bond motifs is 5. The first-order valence-electron chi connectivity index (χ1n) is 12.1. The molecule has 5 nitrogen and oxygen atoms in total. The van der Waals surface area contributed by atoms with E-state index in [2.05, 4.69) is 39.0 Å². The fourth-order valence-corrected chi connectivity index (χ4v) is 7.77. The van der Waals surface area contributed by atoms with Crippen LogP contribution in [0.15, 0.2) is 36.4 Å². The zero-order valence-electron chi connectivity index (χ0n) is 19.8. The third-order valence-electron chi connectivity index (χ3n) is 9.30. The van der Waals surface area contributed by atoms with E-state index in [1.165, 1.54) is 27.8 Å². The first kappa shape index (κ1) is 22.9. The lowest BCUT2D eigenvalue weighted by molar-refractivity contribution is -0.102. The van der Waals surface area contributed by atoms with Crippen LogP contribution in [-0.4, -0.2) is 19.1 Å². The molecule has 178 valence electrons. The predicted molar refractivity (Wildman–Crippen MR) is 129 cm³/mol. The molecule has 0 radical (unpaired) electrons. The lowest BCUT2D eigenvalue weighted by atomic mass is 9.53. The monoisotopic (exact) mass is 469 g/mol. The van der Waals surface area contributed by atoms with Gasteiger partial charge >= 0.3 is 10.3 Å². The predicted octanol–water partition coefficient (Wildman–Crippen LogP) is 4.72. The van der Waals surface area contributed by atoms with Gasteiger partial charge < -0.3 is 9.29 Å². The van der Waals surface area contributed by atoms with Crippen molar-refractivity contribution in [3.8, 4) is 5.75 Å². The molecule has 2 saturated carbocycles. The Bertz CT molecular complexity index is 1190. The Labute approximate surface area is 197 Å². The molecule has 5 rings (SSSR count). The molecule has 0 saturated heterocycles. The van der Waals surface area contributed by atoms with Gasteiger partial charge in [-0.25, -0.2) is 0 Å². The minimum atomic E-state index is -4.02. The summed E-state index contributed by atoms with van der Waals surface area (Å²) in [4.78, 5) is 0. The van der Waals surface area contributed by atoms with Crippen molar-refractivity contribution in [2.24, 2.45) is 22.4 Å². The SMILES string of the molecule is Cc1ccc(C[C@]2(O)CC[C@H]3[C@@H]4CCc5cc(OS(N)(=O)=O)ccc5[C@H]4CC[C@@]32C)cc1C. The van der Waals surface area contributed by atoms with E-state index >= 15 is 0 Å². The highest BCUT2D eigenvalue weighted by Crippen LogP contribution is 2.64. The summed E-state index contributed by atoms with van der Waals surface area (Å²) < 4.78 is 27.5. The van der Waals surface area contributed by atoms with E-state index in [1.807, 2.05) is 12.1 Å². The first-order chi connectivity index (χ1) is 15.5. The van der Waals surface area contributed by atoms with Crippen LogP contribution in [0, 0.1) is 31.1 Å². The maximum atomic E-state index is 12.0. The molecule has 0 aromatic heterocycles. The highest BCUT2D eigenvalue weighted by molar-refractivity contribution is 7.84. The Morgan fingerprint density at radius 2 is 1.85 bits per heavy atom. The van der Waals surface area contributed by atoms with Crippen LogP contribution in [0.1, 0.15) is 72.8 Å². The van der Waals surface area contributed by atoms with E-state index in [9.17, 15) is 13.5 Å². The molecule has 0 aliphatic heterocycles. The fourth-order valence-electron chi connectivity index (χ4n) is 7.40. The zero-order valence-corrected chi connectivity index (χ0v) is 20.6. The molecule has 3 aliphatic rings. The Morgan fingerprint density at radius 3 is 2.58 bits per heavy atom. The van der Waals surface area contributed by atoms with Crippen molar-refractivity contribution in [1.82, 2.24) is 0 Å². The van der Waals surface area contributed by atoms with E-state index in [4.69, 9.17) is 9.32 Å². The van der Waals surface area contributed by atoms with Gasteiger partial charge in [-0.15, -0.1) is 0 Å². The normalized spacial score (nSPS) is 33.2. The van der Waals surface area contributed by atoms with Crippen LogP contribution in [0.25, 0.3) is 0 Å². The number of nitrogens with two attached hydrogens (primary N) is 1. The van der Waals surface area contributed by atoms with Gasteiger partial charge in [0.15, 0.2) is 0 Å². The van der Waals surface area contributed by atoms with Crippen LogP contribution in [-0.2, 0) is 23.1 Å². The second kappa shape index (κ2) is 7.82. The lowest BCUT2D eigenvalue weighted by Crippen LogP contribution is -2.51. The number of aryl methyl sites for hydroxylation is 3. The highest BCUT2D eigenvalue weighted by atomic mass is 32.2. The average Bonchev–Trinajstić information content (AvgIpc) is 3.00. The second-order valence-corrected chi connectivity index (χ2v) is 12.1. The van der Waals surface area contributed by atoms with E-state index in [0.717, 1.165) is 44.9 Å². The minimum absolute atomic E-state index is 0.0822. The summed E-state index contributed by atoms with van der Waals surface area (Å²) >= 11 is 0. The molecule has 0 amide bonds. The third-order valence-corrected chi connectivity index (χ3v) is 9.72. The molecule has 6 heteroatoms. The van der Waals surface area contributed by atoms with Gasteiger partial charge in [0.05, 0.1) is 5.60 Å². The van der Waals surface area contributed by atoms with Crippen LogP contribution in [0.3, 0.4) is 0 Å². The van der Waals surface area contributed by atoms with Crippen molar-refractivity contribution in [1.29, 1.82) is 0 Å². The van der Waals surface area contributed by atoms with Gasteiger partial charge in [-0.05, 0) is 115 Å². The van der Waals surface area contributed by atoms with Gasteiger partial charge in [0.2, 0.25) is 0 Å². The maximum absolute atomic E-state index is 12.0. The number of aliphatic hydroxyl groups is 1. The Kier molecular flexibility index (Phi) is 5.42. The number of rotatable bonds is 4. The number of benzene rings is 2. The van der Waals surface area contributed by atoms with Crippen molar-refractivity contribution in [3.05, 3.63) is 64.2 Å². The summed E-state index contributed by atoms with van der Waals surface area (Å²) in [6.45, 7) is 6.61. The van der Waals surface area contributed by atoms with Gasteiger partial charge in [-0.3, -0.25) is 0 Å². The molecular weight excluding hydrogens is 434 g/mol. The largest absolute Gasteiger partial charge is 0.389 e. The topological polar surface area (TPSA) is 89.6 Å². The molecule has 5 atom stereocenters. The van der Waals surface area contributed by atoms with Crippen LogP contribution >= 0.6 is 0 Å². The van der Waals surface area contributed by atoms with Crippen molar-refractivity contribution in [2.45, 2.75) is 77.2 Å². The highest BCUT2D eigenvalue weighted by Gasteiger charge is 2.61. The van der Waals surface area contributed by atoms with Crippen LogP contribution < -0.4 is 9.32 Å². The minimum Gasteiger partial charge on any atom is -0.389 e. The summed E-state index contributed by atoms with van der Waals surface area (Å²) in [5.74, 6) is 1.80. The van der Waals surface area contributed by atoms with Gasteiger partial charge in [0, 0.05) is 6.42 Å². The smallest absolute Gasteiger partial charge is 0.380 e. The van der Waals surface area contributed by atoms with E-state index < -0.39 is 15.9 Å². The Balaban J connectivity index is 1.40. The quantitative estimate of drug-likeness (QED) is 0.678. The first-order valence-corrected chi connectivity index (χ1v) is 13.6. The molecule has 3 aliphatic carbocycles. The van der Waals surface area contributed by atoms with Crippen molar-refractivity contribution in [2.75, 3.05) is 0 Å². The fraction of sp³-hybridized carbons (Fsp3) is 0.556. The van der Waals surface area contributed by atoms with E-state index in [-0.39, 0.29) is 5.41 Å². The second-order valence-electron chi connectivity index (χ2n) is 11.0. The molecule has 0 spiro atoms. The number of hydrogen-bond donors (Lipinski definition) is 2. The van der Waals surface area contributed by atoms with Gasteiger partial charge in [-0.2, -0.15) is 13.6 Å². The molecule has 2 aromatic rings. The standard InChI is InChI=1S/C27H35NO4S/c1-17-4-5-19(14-18(17)2)16-27(29)13-11-25-24-8-6-20-15-21(32-33(28,30)31)7-9-22(20)23(24)10-12-26(25,27)3/h4-5,7,9,14-15,23-25,29H,6,8,10-13,16H2,1-3H3,(H2,28,30,31)/t23-,24-,25+,26+,27-/m1/s1. The molecule has 3 N–H and O–H groups in total. The Morgan fingerprint density at radius 1 is 1.06 bits per heavy atom. The summed E-state index contributed by atoms with van der Waals surface area (Å²) in [5.41, 5.74) is 5.55. The molecule has 2 fully saturated rings. The van der Waals surface area contributed by atoms with Crippen LogP contribution in [0.4, 0.5) is 0 Å². The summed E-state index contributed by atoms with van der Waals surface area (Å²) in [6.07, 6.45) is 6.68. The lowest BCUT2D eigenvalue weighted by Gasteiger charge is -2.53. The molecule has 0 heterocycles. The zero-order chi connectivity index (χ0) is 23.6. The van der Waals surface area contributed by atoms with E-state index in [1.54, 1.807) is 6.07 Å². The summed E-state index contributed by atoms with van der Waals surface area (Å²) in [5, 5.41) is 17.0. The number of hydrogen-bond acceptors (Lipinski definition) is 4. The third kappa shape index (κ3) is 3.90. The Hall–Kier alpha value is -1.89. The average molecular weight is 470 g/mol. The molecular formula is C27H35NO4S. The van der Waals surface area contributed by atoms with Crippen molar-refractivity contribution in [3.63, 3.8) is 0 Å². The molecule has 33 heavy (non-hydrogen) atoms. The van der Waals surface area contributed by atoms with E-state index in [0.29, 0.717) is 23.5 Å². The maximum Gasteiger partial charge on any atom is 0.380 e. The van der Waals surface area contributed by atoms with Gasteiger partial charge in [0.25, 0.3) is 0 Å².